The number of hydrogen-bond acceptors (Lipinski definition) is 4. The van der Waals surface area contributed by atoms with Crippen LogP contribution in [0.5, 0.6) is 5.75 Å². The van der Waals surface area contributed by atoms with Crippen molar-refractivity contribution in [1.82, 2.24) is 20.2 Å². The van der Waals surface area contributed by atoms with Gasteiger partial charge in [-0.05, 0) is 54.6 Å². The molecule has 150 valence electrons. The van der Waals surface area contributed by atoms with Crippen LogP contribution in [-0.2, 0) is 6.61 Å². The van der Waals surface area contributed by atoms with Gasteiger partial charge in [-0.3, -0.25) is 20.4 Å². The Bertz CT molecular complexity index is 1170. The van der Waals surface area contributed by atoms with Crippen LogP contribution in [-0.4, -0.2) is 21.2 Å². The molecule has 2 aromatic heterocycles. The number of hydrogen-bond donors (Lipinski definition) is 2. The summed E-state index contributed by atoms with van der Waals surface area (Å²) in [6, 6.07) is 18.8. The summed E-state index contributed by atoms with van der Waals surface area (Å²) in [4.78, 5) is 28.9. The Kier molecular flexibility index (Phi) is 5.63. The molecule has 2 aromatic carbocycles. The Morgan fingerprint density at radius 2 is 1.70 bits per heavy atom. The Balaban J connectivity index is 1.35. The number of fused-ring (bicyclic) bond motifs is 1. The third-order valence-electron chi connectivity index (χ3n) is 4.29. The van der Waals surface area contributed by atoms with Crippen LogP contribution in [0.1, 0.15) is 26.4 Å². The molecule has 0 bridgehead atoms. The third-order valence-corrected chi connectivity index (χ3v) is 4.54. The predicted octanol–water partition coefficient (Wildman–Crippen LogP) is 3.64. The molecule has 30 heavy (non-hydrogen) atoms. The van der Waals surface area contributed by atoms with Crippen LogP contribution < -0.4 is 15.6 Å². The minimum atomic E-state index is -0.463. The number of halogens is 1. The first-order valence-electron chi connectivity index (χ1n) is 9.10. The molecule has 0 saturated carbocycles. The number of rotatable bonds is 5. The van der Waals surface area contributed by atoms with Gasteiger partial charge in [-0.1, -0.05) is 23.7 Å². The van der Waals surface area contributed by atoms with Gasteiger partial charge in [0.05, 0.1) is 5.69 Å². The van der Waals surface area contributed by atoms with E-state index in [0.29, 0.717) is 21.9 Å². The van der Waals surface area contributed by atoms with Gasteiger partial charge in [0.25, 0.3) is 11.8 Å². The lowest BCUT2D eigenvalue weighted by Crippen LogP contribution is -2.41. The molecule has 2 N–H and O–H groups in total. The van der Waals surface area contributed by atoms with Crippen LogP contribution in [0.3, 0.4) is 0 Å². The average molecular weight is 421 g/mol. The second kappa shape index (κ2) is 8.67. The fourth-order valence-electron chi connectivity index (χ4n) is 2.80. The van der Waals surface area contributed by atoms with E-state index in [1.54, 1.807) is 48.5 Å². The highest BCUT2D eigenvalue weighted by Crippen LogP contribution is 2.15. The standard InChI is InChI=1S/C22H17ClN4O3/c23-17-9-7-15(8-10-17)21(28)25-26-22(29)16-4-3-5-19(12-16)30-14-18-13-27-11-2-1-6-20(27)24-18/h1-13H,14H2,(H,25,28)(H,26,29). The summed E-state index contributed by atoms with van der Waals surface area (Å²) in [5.74, 6) is -0.390. The highest BCUT2D eigenvalue weighted by molar-refractivity contribution is 6.30. The molecule has 8 heteroatoms. The molecule has 2 amide bonds. The lowest BCUT2D eigenvalue weighted by molar-refractivity contribution is 0.0846. The second-order valence-corrected chi connectivity index (χ2v) is 6.87. The smallest absolute Gasteiger partial charge is 0.269 e. The number of carbonyl (C=O) groups is 2. The van der Waals surface area contributed by atoms with Gasteiger partial charge >= 0.3 is 0 Å². The van der Waals surface area contributed by atoms with Crippen molar-refractivity contribution in [2.24, 2.45) is 0 Å². The molecule has 0 aliphatic heterocycles. The molecular formula is C22H17ClN4O3. The van der Waals surface area contributed by atoms with Crippen LogP contribution in [0.4, 0.5) is 0 Å². The molecule has 0 saturated heterocycles. The molecule has 0 unspecified atom stereocenters. The van der Waals surface area contributed by atoms with E-state index in [0.717, 1.165) is 11.3 Å². The minimum Gasteiger partial charge on any atom is -0.487 e. The van der Waals surface area contributed by atoms with Crippen molar-refractivity contribution in [3.63, 3.8) is 0 Å². The second-order valence-electron chi connectivity index (χ2n) is 6.43. The number of hydrazine groups is 1. The van der Waals surface area contributed by atoms with Crippen LogP contribution in [0, 0.1) is 0 Å². The monoisotopic (exact) mass is 420 g/mol. The van der Waals surface area contributed by atoms with Gasteiger partial charge < -0.3 is 9.14 Å². The van der Waals surface area contributed by atoms with Gasteiger partial charge in [-0.25, -0.2) is 4.98 Å². The maximum absolute atomic E-state index is 12.4. The van der Waals surface area contributed by atoms with Crippen molar-refractivity contribution >= 4 is 29.1 Å². The van der Waals surface area contributed by atoms with Gasteiger partial charge in [0.2, 0.25) is 0 Å². The van der Waals surface area contributed by atoms with Crippen molar-refractivity contribution < 1.29 is 14.3 Å². The Labute approximate surface area is 177 Å². The third kappa shape index (κ3) is 4.59. The normalized spacial score (nSPS) is 10.6. The summed E-state index contributed by atoms with van der Waals surface area (Å²) >= 11 is 5.81. The van der Waals surface area contributed by atoms with Crippen molar-refractivity contribution in [1.29, 1.82) is 0 Å². The van der Waals surface area contributed by atoms with Crippen molar-refractivity contribution in [2.75, 3.05) is 0 Å². The van der Waals surface area contributed by atoms with Crippen molar-refractivity contribution in [2.45, 2.75) is 6.61 Å². The Morgan fingerprint density at radius 3 is 2.47 bits per heavy atom. The molecule has 0 spiro atoms. The van der Waals surface area contributed by atoms with Gasteiger partial charge in [0.15, 0.2) is 0 Å². The Morgan fingerprint density at radius 1 is 0.933 bits per heavy atom. The molecule has 2 heterocycles. The fraction of sp³-hybridized carbons (Fsp3) is 0.0455. The summed E-state index contributed by atoms with van der Waals surface area (Å²) in [7, 11) is 0. The molecule has 0 atom stereocenters. The van der Waals surface area contributed by atoms with Crippen LogP contribution in [0.15, 0.2) is 79.1 Å². The van der Waals surface area contributed by atoms with Crippen LogP contribution in [0.2, 0.25) is 5.02 Å². The number of carbonyl (C=O) groups excluding carboxylic acids is 2. The number of nitrogens with one attached hydrogen (secondary N) is 2. The highest BCUT2D eigenvalue weighted by atomic mass is 35.5. The van der Waals surface area contributed by atoms with E-state index < -0.39 is 11.8 Å². The number of benzene rings is 2. The topological polar surface area (TPSA) is 84.7 Å². The summed E-state index contributed by atoms with van der Waals surface area (Å²) in [5.41, 5.74) is 7.09. The lowest BCUT2D eigenvalue weighted by Gasteiger charge is -2.09. The Hall–Kier alpha value is -3.84. The van der Waals surface area contributed by atoms with E-state index >= 15 is 0 Å². The largest absolute Gasteiger partial charge is 0.487 e. The van der Waals surface area contributed by atoms with E-state index in [1.807, 2.05) is 35.0 Å². The maximum Gasteiger partial charge on any atom is 0.269 e. The predicted molar refractivity (Wildman–Crippen MR) is 112 cm³/mol. The molecule has 0 aliphatic carbocycles. The number of imidazole rings is 1. The zero-order valence-corrected chi connectivity index (χ0v) is 16.5. The quantitative estimate of drug-likeness (QED) is 0.483. The lowest BCUT2D eigenvalue weighted by atomic mass is 10.2. The fourth-order valence-corrected chi connectivity index (χ4v) is 2.93. The summed E-state index contributed by atoms with van der Waals surface area (Å²) in [6.45, 7) is 0.264. The summed E-state index contributed by atoms with van der Waals surface area (Å²) in [6.07, 6.45) is 3.80. The number of amides is 2. The molecule has 4 aromatic rings. The van der Waals surface area contributed by atoms with Crippen LogP contribution in [0.25, 0.3) is 5.65 Å². The first kappa shape index (κ1) is 19.5. The molecule has 4 rings (SSSR count). The van der Waals surface area contributed by atoms with Gasteiger partial charge in [-0.15, -0.1) is 0 Å². The van der Waals surface area contributed by atoms with Crippen molar-refractivity contribution in [3.05, 3.63) is 101 Å². The zero-order chi connectivity index (χ0) is 20.9. The number of nitrogens with zero attached hydrogens (tertiary/aromatic N) is 2. The molecular weight excluding hydrogens is 404 g/mol. The van der Waals surface area contributed by atoms with E-state index in [9.17, 15) is 9.59 Å². The first-order valence-corrected chi connectivity index (χ1v) is 9.48. The van der Waals surface area contributed by atoms with Crippen molar-refractivity contribution in [3.8, 4) is 5.75 Å². The van der Waals surface area contributed by atoms with E-state index in [1.165, 1.54) is 0 Å². The SMILES string of the molecule is O=C(NNC(=O)c1cccc(OCc2cn3ccccc3n2)c1)c1ccc(Cl)cc1. The van der Waals surface area contributed by atoms with Gasteiger partial charge in [0.1, 0.15) is 18.0 Å². The van der Waals surface area contributed by atoms with Gasteiger partial charge in [0, 0.05) is 28.5 Å². The number of aromatic nitrogens is 2. The molecule has 0 radical (unpaired) electrons. The average Bonchev–Trinajstić information content (AvgIpc) is 3.19. The maximum atomic E-state index is 12.4. The first-order chi connectivity index (χ1) is 14.6. The van der Waals surface area contributed by atoms with E-state index in [4.69, 9.17) is 16.3 Å². The number of ether oxygens (including phenoxy) is 1. The van der Waals surface area contributed by atoms with E-state index in [-0.39, 0.29) is 6.61 Å². The highest BCUT2D eigenvalue weighted by Gasteiger charge is 2.10. The summed E-state index contributed by atoms with van der Waals surface area (Å²) < 4.78 is 7.67. The molecule has 0 aliphatic rings. The zero-order valence-electron chi connectivity index (χ0n) is 15.7. The van der Waals surface area contributed by atoms with Gasteiger partial charge in [-0.2, -0.15) is 0 Å². The minimum absolute atomic E-state index is 0.264. The van der Waals surface area contributed by atoms with E-state index in [2.05, 4.69) is 15.8 Å². The van der Waals surface area contributed by atoms with Crippen LogP contribution >= 0.6 is 11.6 Å². The summed E-state index contributed by atoms with van der Waals surface area (Å²) in [5, 5.41) is 0.524. The number of pyridine rings is 1. The molecule has 7 nitrogen and oxygen atoms in total. The molecule has 0 fully saturated rings.